The fourth-order valence-corrected chi connectivity index (χ4v) is 1.35. The third kappa shape index (κ3) is 3.98. The van der Waals surface area contributed by atoms with Crippen molar-refractivity contribution in [2.45, 2.75) is 6.42 Å². The largest absolute Gasteiger partial charge is 0.497 e. The molecule has 1 aromatic rings. The van der Waals surface area contributed by atoms with Crippen LogP contribution in [0, 0.1) is 0 Å². The molecule has 0 heterocycles. The van der Waals surface area contributed by atoms with Gasteiger partial charge in [-0.15, -0.1) is 0 Å². The highest BCUT2D eigenvalue weighted by Crippen LogP contribution is 2.21. The van der Waals surface area contributed by atoms with E-state index >= 15 is 0 Å². The van der Waals surface area contributed by atoms with Crippen molar-refractivity contribution in [1.82, 2.24) is 0 Å². The fraction of sp³-hybridized carbons (Fsp3) is 0.167. The van der Waals surface area contributed by atoms with Gasteiger partial charge in [-0.3, -0.25) is 4.79 Å². The molecule has 0 unspecified atom stereocenters. The lowest BCUT2D eigenvalue weighted by Gasteiger charge is -2.05. The molecular weight excluding hydrogens is 224 g/mol. The maximum absolute atomic E-state index is 10.6. The maximum atomic E-state index is 10.6. The Morgan fingerprint density at radius 1 is 1.24 bits per heavy atom. The highest BCUT2D eigenvalue weighted by atomic mass is 16.5. The number of benzene rings is 1. The topological polar surface area (TPSA) is 83.8 Å². The van der Waals surface area contributed by atoms with Gasteiger partial charge in [0, 0.05) is 6.08 Å². The first-order valence-corrected chi connectivity index (χ1v) is 4.82. The molecule has 0 radical (unpaired) electrons. The summed E-state index contributed by atoms with van der Waals surface area (Å²) in [4.78, 5) is 21.2. The molecule has 0 fully saturated rings. The van der Waals surface area contributed by atoms with Crippen LogP contribution in [0.5, 0.6) is 5.75 Å². The Balaban J connectivity index is 3.04. The Bertz CT molecular complexity index is 444. The predicted molar refractivity (Wildman–Crippen MR) is 60.9 cm³/mol. The highest BCUT2D eigenvalue weighted by molar-refractivity contribution is 5.94. The molecular formula is C12H12O5. The SMILES string of the molecule is COc1ccc(/C(=C/C(=O)O)CC(=O)O)cc1. The Hall–Kier alpha value is -2.30. The van der Waals surface area contributed by atoms with Gasteiger partial charge in [0.15, 0.2) is 0 Å². The number of carboxylic acids is 2. The van der Waals surface area contributed by atoms with E-state index in [0.717, 1.165) is 6.08 Å². The zero-order valence-electron chi connectivity index (χ0n) is 9.21. The summed E-state index contributed by atoms with van der Waals surface area (Å²) in [6.07, 6.45) is 0.564. The lowest BCUT2D eigenvalue weighted by atomic mass is 10.0. The van der Waals surface area contributed by atoms with Crippen molar-refractivity contribution in [3.8, 4) is 5.75 Å². The summed E-state index contributed by atoms with van der Waals surface area (Å²) in [6.45, 7) is 0. The molecule has 0 aliphatic heterocycles. The Morgan fingerprint density at radius 2 is 1.82 bits per heavy atom. The van der Waals surface area contributed by atoms with E-state index < -0.39 is 11.9 Å². The Labute approximate surface area is 98.0 Å². The van der Waals surface area contributed by atoms with Crippen molar-refractivity contribution in [2.24, 2.45) is 0 Å². The van der Waals surface area contributed by atoms with Crippen LogP contribution < -0.4 is 4.74 Å². The molecule has 0 spiro atoms. The smallest absolute Gasteiger partial charge is 0.328 e. The number of hydrogen-bond acceptors (Lipinski definition) is 3. The van der Waals surface area contributed by atoms with Gasteiger partial charge >= 0.3 is 11.9 Å². The zero-order valence-corrected chi connectivity index (χ0v) is 9.21. The van der Waals surface area contributed by atoms with Crippen LogP contribution in [0.25, 0.3) is 5.57 Å². The third-order valence-corrected chi connectivity index (χ3v) is 2.10. The van der Waals surface area contributed by atoms with E-state index in [0.29, 0.717) is 11.3 Å². The molecule has 0 saturated carbocycles. The number of hydrogen-bond donors (Lipinski definition) is 2. The first-order chi connectivity index (χ1) is 8.02. The molecule has 90 valence electrons. The van der Waals surface area contributed by atoms with Gasteiger partial charge in [0.25, 0.3) is 0 Å². The zero-order chi connectivity index (χ0) is 12.8. The highest BCUT2D eigenvalue weighted by Gasteiger charge is 2.09. The van der Waals surface area contributed by atoms with Crippen molar-refractivity contribution >= 4 is 17.5 Å². The van der Waals surface area contributed by atoms with Gasteiger partial charge in [0.2, 0.25) is 0 Å². The van der Waals surface area contributed by atoms with E-state index in [1.54, 1.807) is 24.3 Å². The van der Waals surface area contributed by atoms with Crippen LogP contribution in [0.15, 0.2) is 30.3 Å². The van der Waals surface area contributed by atoms with E-state index in [1.165, 1.54) is 7.11 Å². The normalized spacial score (nSPS) is 11.0. The lowest BCUT2D eigenvalue weighted by Crippen LogP contribution is -2.00. The molecule has 2 N–H and O–H groups in total. The minimum atomic E-state index is -1.17. The van der Waals surface area contributed by atoms with Gasteiger partial charge < -0.3 is 14.9 Å². The number of methoxy groups -OCH3 is 1. The predicted octanol–water partition coefficient (Wildman–Crippen LogP) is 1.64. The van der Waals surface area contributed by atoms with Gasteiger partial charge in [-0.25, -0.2) is 4.79 Å². The van der Waals surface area contributed by atoms with E-state index in [9.17, 15) is 9.59 Å². The van der Waals surface area contributed by atoms with Gasteiger partial charge in [-0.2, -0.15) is 0 Å². The van der Waals surface area contributed by atoms with Crippen molar-refractivity contribution < 1.29 is 24.5 Å². The molecule has 17 heavy (non-hydrogen) atoms. The Morgan fingerprint density at radius 3 is 2.24 bits per heavy atom. The molecule has 0 aliphatic carbocycles. The van der Waals surface area contributed by atoms with E-state index in [1.807, 2.05) is 0 Å². The fourth-order valence-electron chi connectivity index (χ4n) is 1.35. The van der Waals surface area contributed by atoms with Crippen LogP contribution >= 0.6 is 0 Å². The van der Waals surface area contributed by atoms with Crippen LogP contribution in [0.4, 0.5) is 0 Å². The summed E-state index contributed by atoms with van der Waals surface area (Å²) in [7, 11) is 1.51. The summed E-state index contributed by atoms with van der Waals surface area (Å²) >= 11 is 0. The minimum Gasteiger partial charge on any atom is -0.497 e. The number of aliphatic carboxylic acids is 2. The third-order valence-electron chi connectivity index (χ3n) is 2.10. The first kappa shape index (κ1) is 12.8. The molecule has 0 bridgehead atoms. The quantitative estimate of drug-likeness (QED) is 0.759. The van der Waals surface area contributed by atoms with Crippen LogP contribution in [-0.4, -0.2) is 29.3 Å². The monoisotopic (exact) mass is 236 g/mol. The molecule has 0 atom stereocenters. The second kappa shape index (κ2) is 5.69. The van der Waals surface area contributed by atoms with E-state index in [2.05, 4.69) is 0 Å². The average Bonchev–Trinajstić information content (AvgIpc) is 2.27. The minimum absolute atomic E-state index is 0.243. The first-order valence-electron chi connectivity index (χ1n) is 4.82. The van der Waals surface area contributed by atoms with Crippen LogP contribution in [0.2, 0.25) is 0 Å². The average molecular weight is 236 g/mol. The van der Waals surface area contributed by atoms with E-state index in [-0.39, 0.29) is 12.0 Å². The number of rotatable bonds is 5. The van der Waals surface area contributed by atoms with Gasteiger partial charge in [-0.1, -0.05) is 12.1 Å². The van der Waals surface area contributed by atoms with Gasteiger partial charge in [0.05, 0.1) is 13.5 Å². The standard InChI is InChI=1S/C12H12O5/c1-17-10-4-2-8(3-5-10)9(6-11(13)14)7-12(15)16/h2-6H,7H2,1H3,(H,13,14)(H,15,16)/b9-6+. The summed E-state index contributed by atoms with van der Waals surface area (Å²) < 4.78 is 4.96. The maximum Gasteiger partial charge on any atom is 0.328 e. The van der Waals surface area contributed by atoms with Gasteiger partial charge in [0.1, 0.15) is 5.75 Å². The molecule has 0 aromatic heterocycles. The van der Waals surface area contributed by atoms with E-state index in [4.69, 9.17) is 14.9 Å². The summed E-state index contributed by atoms with van der Waals surface area (Å²) in [5, 5.41) is 17.4. The summed E-state index contributed by atoms with van der Waals surface area (Å²) in [5.74, 6) is -1.62. The molecule has 5 nitrogen and oxygen atoms in total. The number of carboxylic acid groups (broad SMARTS) is 2. The number of carbonyl (C=O) groups is 2. The second-order valence-corrected chi connectivity index (χ2v) is 3.31. The molecule has 1 aromatic carbocycles. The molecule has 1 rings (SSSR count). The number of ether oxygens (including phenoxy) is 1. The molecule has 0 aliphatic rings. The van der Waals surface area contributed by atoms with Crippen molar-refractivity contribution in [1.29, 1.82) is 0 Å². The molecule has 0 amide bonds. The van der Waals surface area contributed by atoms with Crippen molar-refractivity contribution in [2.75, 3.05) is 7.11 Å². The molecule has 5 heteroatoms. The van der Waals surface area contributed by atoms with Crippen molar-refractivity contribution in [3.63, 3.8) is 0 Å². The lowest BCUT2D eigenvalue weighted by molar-refractivity contribution is -0.135. The van der Waals surface area contributed by atoms with Crippen LogP contribution in [0.3, 0.4) is 0 Å². The second-order valence-electron chi connectivity index (χ2n) is 3.31. The van der Waals surface area contributed by atoms with Gasteiger partial charge in [-0.05, 0) is 23.3 Å². The van der Waals surface area contributed by atoms with Crippen LogP contribution in [-0.2, 0) is 9.59 Å². The van der Waals surface area contributed by atoms with Crippen LogP contribution in [0.1, 0.15) is 12.0 Å². The summed E-state index contributed by atoms with van der Waals surface area (Å²) in [6, 6.07) is 6.53. The van der Waals surface area contributed by atoms with Crippen molar-refractivity contribution in [3.05, 3.63) is 35.9 Å². The molecule has 0 saturated heterocycles. The summed E-state index contributed by atoms with van der Waals surface area (Å²) in [5.41, 5.74) is 0.795. The Kier molecular flexibility index (Phi) is 4.28.